The highest BCUT2D eigenvalue weighted by Crippen LogP contribution is 2.27. The molecule has 3 nitrogen and oxygen atoms in total. The molecule has 3 heteroatoms. The molecule has 1 N–H and O–H groups in total. The summed E-state index contributed by atoms with van der Waals surface area (Å²) in [5, 5.41) is 3.60. The van der Waals surface area contributed by atoms with Crippen molar-refractivity contribution in [2.24, 2.45) is 0 Å². The number of rotatable bonds is 6. The standard InChI is InChI=1S/C18H24N2O/c1-5-8-20-18(16-9-13(2)11-19-12-16)15-7-6-14(3)17(10-15)21-4/h6-7,9-12,18,20H,5,8H2,1-4H3. The molecule has 0 aliphatic rings. The normalized spacial score (nSPS) is 12.2. The van der Waals surface area contributed by atoms with Gasteiger partial charge < -0.3 is 10.1 Å². The molecule has 2 aromatic rings. The molecule has 1 heterocycles. The van der Waals surface area contributed by atoms with E-state index in [-0.39, 0.29) is 6.04 Å². The van der Waals surface area contributed by atoms with Gasteiger partial charge in [0.05, 0.1) is 13.2 Å². The predicted octanol–water partition coefficient (Wildman–Crippen LogP) is 3.80. The van der Waals surface area contributed by atoms with Crippen molar-refractivity contribution < 1.29 is 4.74 Å². The van der Waals surface area contributed by atoms with Gasteiger partial charge in [0, 0.05) is 12.4 Å². The van der Waals surface area contributed by atoms with Crippen LogP contribution in [0.5, 0.6) is 5.75 Å². The Labute approximate surface area is 127 Å². The van der Waals surface area contributed by atoms with Gasteiger partial charge in [-0.3, -0.25) is 4.98 Å². The summed E-state index contributed by atoms with van der Waals surface area (Å²) >= 11 is 0. The molecule has 0 aliphatic heterocycles. The Morgan fingerprint density at radius 2 is 1.95 bits per heavy atom. The lowest BCUT2D eigenvalue weighted by Crippen LogP contribution is -2.23. The van der Waals surface area contributed by atoms with Crippen LogP contribution in [0.4, 0.5) is 0 Å². The third-order valence-electron chi connectivity index (χ3n) is 3.59. The minimum absolute atomic E-state index is 0.145. The second-order valence-electron chi connectivity index (χ2n) is 5.41. The third kappa shape index (κ3) is 3.82. The minimum atomic E-state index is 0.145. The summed E-state index contributed by atoms with van der Waals surface area (Å²) in [5.41, 5.74) is 4.72. The summed E-state index contributed by atoms with van der Waals surface area (Å²) in [6, 6.07) is 8.72. The average Bonchev–Trinajstić information content (AvgIpc) is 2.49. The van der Waals surface area contributed by atoms with Crippen molar-refractivity contribution in [3.05, 3.63) is 58.9 Å². The van der Waals surface area contributed by atoms with E-state index < -0.39 is 0 Å². The van der Waals surface area contributed by atoms with Gasteiger partial charge in [-0.05, 0) is 55.1 Å². The summed E-state index contributed by atoms with van der Waals surface area (Å²) in [4.78, 5) is 4.33. The predicted molar refractivity (Wildman–Crippen MR) is 86.8 cm³/mol. The van der Waals surface area contributed by atoms with Crippen LogP contribution in [0, 0.1) is 13.8 Å². The highest BCUT2D eigenvalue weighted by atomic mass is 16.5. The van der Waals surface area contributed by atoms with Crippen LogP contribution in [0.1, 0.15) is 41.6 Å². The second-order valence-corrected chi connectivity index (χ2v) is 5.41. The van der Waals surface area contributed by atoms with Crippen molar-refractivity contribution in [2.45, 2.75) is 33.2 Å². The number of methoxy groups -OCH3 is 1. The summed E-state index contributed by atoms with van der Waals surface area (Å²) in [6.45, 7) is 7.28. The molecular formula is C18H24N2O. The van der Waals surface area contributed by atoms with Gasteiger partial charge in [0.25, 0.3) is 0 Å². The molecule has 0 spiro atoms. The van der Waals surface area contributed by atoms with Crippen molar-refractivity contribution in [1.29, 1.82) is 0 Å². The molecule has 21 heavy (non-hydrogen) atoms. The lowest BCUT2D eigenvalue weighted by atomic mass is 9.97. The van der Waals surface area contributed by atoms with E-state index in [0.29, 0.717) is 0 Å². The van der Waals surface area contributed by atoms with Gasteiger partial charge in [-0.25, -0.2) is 0 Å². The van der Waals surface area contributed by atoms with Crippen LogP contribution < -0.4 is 10.1 Å². The van der Waals surface area contributed by atoms with E-state index in [1.165, 1.54) is 16.7 Å². The zero-order valence-electron chi connectivity index (χ0n) is 13.3. The van der Waals surface area contributed by atoms with E-state index in [1.807, 2.05) is 12.4 Å². The van der Waals surface area contributed by atoms with Crippen molar-refractivity contribution in [1.82, 2.24) is 10.3 Å². The minimum Gasteiger partial charge on any atom is -0.496 e. The Hall–Kier alpha value is -1.87. The van der Waals surface area contributed by atoms with Crippen LogP contribution in [0.15, 0.2) is 36.7 Å². The van der Waals surface area contributed by atoms with Gasteiger partial charge in [0.15, 0.2) is 0 Å². The zero-order valence-corrected chi connectivity index (χ0v) is 13.3. The number of ether oxygens (including phenoxy) is 1. The SMILES string of the molecule is CCCNC(c1cncc(C)c1)c1ccc(C)c(OC)c1. The van der Waals surface area contributed by atoms with E-state index >= 15 is 0 Å². The Kier molecular flexibility index (Phi) is 5.34. The van der Waals surface area contributed by atoms with Crippen molar-refractivity contribution >= 4 is 0 Å². The Morgan fingerprint density at radius 3 is 2.62 bits per heavy atom. The molecule has 1 aromatic carbocycles. The number of aryl methyl sites for hydroxylation is 2. The Morgan fingerprint density at radius 1 is 1.14 bits per heavy atom. The monoisotopic (exact) mass is 284 g/mol. The largest absolute Gasteiger partial charge is 0.496 e. The molecular weight excluding hydrogens is 260 g/mol. The Bertz CT molecular complexity index is 596. The maximum atomic E-state index is 5.46. The number of aromatic nitrogens is 1. The smallest absolute Gasteiger partial charge is 0.122 e. The van der Waals surface area contributed by atoms with E-state index in [0.717, 1.165) is 24.3 Å². The molecule has 0 fully saturated rings. The summed E-state index contributed by atoms with van der Waals surface area (Å²) in [7, 11) is 1.72. The number of pyridine rings is 1. The first-order chi connectivity index (χ1) is 10.2. The van der Waals surface area contributed by atoms with Gasteiger partial charge in [-0.2, -0.15) is 0 Å². The highest BCUT2D eigenvalue weighted by Gasteiger charge is 2.15. The maximum Gasteiger partial charge on any atom is 0.122 e. The number of benzene rings is 1. The van der Waals surface area contributed by atoms with Gasteiger partial charge in [-0.1, -0.05) is 25.1 Å². The van der Waals surface area contributed by atoms with Gasteiger partial charge >= 0.3 is 0 Å². The van der Waals surface area contributed by atoms with Crippen molar-refractivity contribution in [3.8, 4) is 5.75 Å². The molecule has 1 aromatic heterocycles. The van der Waals surface area contributed by atoms with E-state index in [1.54, 1.807) is 7.11 Å². The summed E-state index contributed by atoms with van der Waals surface area (Å²) < 4.78 is 5.46. The highest BCUT2D eigenvalue weighted by molar-refractivity contribution is 5.41. The van der Waals surface area contributed by atoms with E-state index in [4.69, 9.17) is 4.74 Å². The van der Waals surface area contributed by atoms with Gasteiger partial charge in [0.1, 0.15) is 5.75 Å². The van der Waals surface area contributed by atoms with Gasteiger partial charge in [0.2, 0.25) is 0 Å². The molecule has 1 atom stereocenters. The quantitative estimate of drug-likeness (QED) is 0.876. The van der Waals surface area contributed by atoms with Crippen LogP contribution in [-0.4, -0.2) is 18.6 Å². The van der Waals surface area contributed by atoms with Crippen LogP contribution >= 0.6 is 0 Å². The lowest BCUT2D eigenvalue weighted by molar-refractivity contribution is 0.410. The van der Waals surface area contributed by atoms with Crippen molar-refractivity contribution in [2.75, 3.05) is 13.7 Å². The Balaban J connectivity index is 2.40. The molecule has 1 unspecified atom stereocenters. The molecule has 112 valence electrons. The zero-order chi connectivity index (χ0) is 15.2. The molecule has 0 saturated heterocycles. The fourth-order valence-electron chi connectivity index (χ4n) is 2.47. The van der Waals surface area contributed by atoms with Crippen LogP contribution in [0.25, 0.3) is 0 Å². The van der Waals surface area contributed by atoms with E-state index in [2.05, 4.69) is 55.3 Å². The number of hydrogen-bond donors (Lipinski definition) is 1. The first kappa shape index (κ1) is 15.5. The third-order valence-corrected chi connectivity index (χ3v) is 3.59. The van der Waals surface area contributed by atoms with Crippen LogP contribution in [0.2, 0.25) is 0 Å². The fourth-order valence-corrected chi connectivity index (χ4v) is 2.47. The average molecular weight is 284 g/mol. The first-order valence-corrected chi connectivity index (χ1v) is 7.45. The van der Waals surface area contributed by atoms with Gasteiger partial charge in [-0.15, -0.1) is 0 Å². The fraction of sp³-hybridized carbons (Fsp3) is 0.389. The summed E-state index contributed by atoms with van der Waals surface area (Å²) in [6.07, 6.45) is 4.92. The first-order valence-electron chi connectivity index (χ1n) is 7.45. The van der Waals surface area contributed by atoms with Crippen LogP contribution in [0.3, 0.4) is 0 Å². The van der Waals surface area contributed by atoms with Crippen molar-refractivity contribution in [3.63, 3.8) is 0 Å². The maximum absolute atomic E-state index is 5.46. The molecule has 0 bridgehead atoms. The molecule has 0 aliphatic carbocycles. The number of nitrogens with one attached hydrogen (secondary N) is 1. The molecule has 0 amide bonds. The lowest BCUT2D eigenvalue weighted by Gasteiger charge is -2.21. The summed E-state index contributed by atoms with van der Waals surface area (Å²) in [5.74, 6) is 0.927. The second kappa shape index (κ2) is 7.23. The molecule has 0 saturated carbocycles. The number of hydrogen-bond acceptors (Lipinski definition) is 3. The number of nitrogens with zero attached hydrogens (tertiary/aromatic N) is 1. The molecule has 0 radical (unpaired) electrons. The topological polar surface area (TPSA) is 34.2 Å². The van der Waals surface area contributed by atoms with Crippen LogP contribution in [-0.2, 0) is 0 Å². The molecule has 2 rings (SSSR count). The van der Waals surface area contributed by atoms with E-state index in [9.17, 15) is 0 Å².